The first-order valence-electron chi connectivity index (χ1n) is 12.1. The third-order valence-corrected chi connectivity index (χ3v) is 6.07. The van der Waals surface area contributed by atoms with Gasteiger partial charge in [0.05, 0.1) is 11.1 Å². The van der Waals surface area contributed by atoms with Gasteiger partial charge in [0.15, 0.2) is 5.84 Å². The second kappa shape index (κ2) is 8.88. The van der Waals surface area contributed by atoms with E-state index in [0.29, 0.717) is 5.84 Å². The number of amides is 2. The predicted octanol–water partition coefficient (Wildman–Crippen LogP) is 7.14. The van der Waals surface area contributed by atoms with Crippen LogP contribution in [-0.4, -0.2) is 33.0 Å². The van der Waals surface area contributed by atoms with E-state index in [2.05, 4.69) is 86.0 Å². The zero-order valence-electron chi connectivity index (χ0n) is 22.1. The lowest BCUT2D eigenvalue weighted by atomic mass is 9.95. The van der Waals surface area contributed by atoms with Crippen LogP contribution >= 0.6 is 0 Å². The first-order valence-corrected chi connectivity index (χ1v) is 12.1. The quantitative estimate of drug-likeness (QED) is 0.444. The fourth-order valence-corrected chi connectivity index (χ4v) is 4.02. The summed E-state index contributed by atoms with van der Waals surface area (Å²) in [6.45, 7) is 16.2. The van der Waals surface area contributed by atoms with Crippen LogP contribution in [0.3, 0.4) is 0 Å². The number of hydrogen-bond donors (Lipinski definition) is 1. The van der Waals surface area contributed by atoms with Crippen molar-refractivity contribution in [3.05, 3.63) is 83.4 Å². The minimum absolute atomic E-state index is 0.165. The summed E-state index contributed by atoms with van der Waals surface area (Å²) in [5.74, 6) is 0.650. The third-order valence-electron chi connectivity index (χ3n) is 6.07. The number of nitrogens with zero attached hydrogens (tertiary/aromatic N) is 3. The number of urea groups is 1. The van der Waals surface area contributed by atoms with E-state index >= 15 is 0 Å². The maximum Gasteiger partial charge on any atom is 0.360 e. The predicted molar refractivity (Wildman–Crippen MR) is 145 cm³/mol. The highest BCUT2D eigenvalue weighted by Crippen LogP contribution is 2.31. The van der Waals surface area contributed by atoms with Gasteiger partial charge in [-0.25, -0.2) is 14.8 Å². The monoisotopic (exact) mass is 468 g/mol. The molecule has 182 valence electrons. The topological polar surface area (TPSA) is 47.9 Å². The number of carbonyl (C=O) groups excluding carboxylic acids is 1. The van der Waals surface area contributed by atoms with Crippen molar-refractivity contribution in [1.29, 1.82) is 0 Å². The molecule has 1 aliphatic rings. The highest BCUT2D eigenvalue weighted by atomic mass is 16.2. The number of carbonyl (C=O) groups is 1. The first-order chi connectivity index (χ1) is 16.3. The normalized spacial score (nSPS) is 14.6. The molecule has 35 heavy (non-hydrogen) atoms. The van der Waals surface area contributed by atoms with Crippen LogP contribution in [0.5, 0.6) is 0 Å². The summed E-state index contributed by atoms with van der Waals surface area (Å²) in [4.78, 5) is 13.3. The second-order valence-corrected chi connectivity index (χ2v) is 11.4. The molecule has 0 saturated carbocycles. The number of nitrogens with one attached hydrogen (secondary N) is 1. The van der Waals surface area contributed by atoms with Gasteiger partial charge in [0.25, 0.3) is 0 Å². The summed E-state index contributed by atoms with van der Waals surface area (Å²) in [6.07, 6.45) is 0. The highest BCUT2D eigenvalue weighted by Gasteiger charge is 2.40. The molecule has 2 amide bonds. The smallest absolute Gasteiger partial charge is 0.275 e. The first kappa shape index (κ1) is 24.5. The molecule has 0 spiro atoms. The zero-order valence-corrected chi connectivity index (χ0v) is 22.1. The van der Waals surface area contributed by atoms with Crippen LogP contribution < -0.4 is 5.43 Å². The van der Waals surface area contributed by atoms with Gasteiger partial charge in [0, 0.05) is 5.56 Å². The summed E-state index contributed by atoms with van der Waals surface area (Å²) < 4.78 is 0. The average Bonchev–Trinajstić information content (AvgIpc) is 2.78. The van der Waals surface area contributed by atoms with E-state index in [1.54, 1.807) is 10.0 Å². The van der Waals surface area contributed by atoms with E-state index in [0.717, 1.165) is 27.8 Å². The van der Waals surface area contributed by atoms with Crippen LogP contribution in [0.15, 0.2) is 71.8 Å². The third kappa shape index (κ3) is 5.24. The number of hydrogen-bond acceptors (Lipinski definition) is 3. The number of hydrazine groups is 1. The molecule has 0 bridgehead atoms. The van der Waals surface area contributed by atoms with E-state index in [-0.39, 0.29) is 6.03 Å². The fourth-order valence-electron chi connectivity index (χ4n) is 4.02. The van der Waals surface area contributed by atoms with Crippen LogP contribution in [0.25, 0.3) is 22.3 Å². The minimum atomic E-state index is -0.470. The minimum Gasteiger partial charge on any atom is -0.275 e. The van der Waals surface area contributed by atoms with Gasteiger partial charge in [-0.1, -0.05) is 59.7 Å². The van der Waals surface area contributed by atoms with Crippen molar-refractivity contribution in [2.45, 2.75) is 66.5 Å². The van der Waals surface area contributed by atoms with Crippen LogP contribution in [0, 0.1) is 13.8 Å². The number of benzene rings is 3. The summed E-state index contributed by atoms with van der Waals surface area (Å²) in [5, 5.41) is 8.06. The van der Waals surface area contributed by atoms with Crippen molar-refractivity contribution in [3.63, 3.8) is 0 Å². The van der Waals surface area contributed by atoms with E-state index in [1.165, 1.54) is 11.1 Å². The van der Waals surface area contributed by atoms with Crippen molar-refractivity contribution in [2.24, 2.45) is 5.10 Å². The molecule has 3 aromatic carbocycles. The average molecular weight is 469 g/mol. The summed E-state index contributed by atoms with van der Waals surface area (Å²) >= 11 is 0. The molecule has 0 aliphatic carbocycles. The van der Waals surface area contributed by atoms with Gasteiger partial charge in [-0.2, -0.15) is 0 Å². The maximum atomic E-state index is 13.3. The molecule has 0 fully saturated rings. The summed E-state index contributed by atoms with van der Waals surface area (Å²) in [5.41, 5.74) is 10.3. The van der Waals surface area contributed by atoms with Crippen molar-refractivity contribution in [1.82, 2.24) is 15.4 Å². The Morgan fingerprint density at radius 1 is 0.629 bits per heavy atom. The Morgan fingerprint density at radius 2 is 1.06 bits per heavy atom. The fraction of sp³-hybridized carbons (Fsp3) is 0.333. The van der Waals surface area contributed by atoms with Crippen LogP contribution in [0.2, 0.25) is 0 Å². The lowest BCUT2D eigenvalue weighted by Gasteiger charge is -2.45. The molecule has 0 saturated heterocycles. The molecule has 0 unspecified atom stereocenters. The van der Waals surface area contributed by atoms with E-state index in [9.17, 15) is 4.79 Å². The Hall–Kier alpha value is -3.60. The van der Waals surface area contributed by atoms with Gasteiger partial charge >= 0.3 is 6.03 Å². The molecule has 3 aromatic rings. The lowest BCUT2D eigenvalue weighted by Crippen LogP contribution is -2.65. The molecule has 0 radical (unpaired) electrons. The Balaban J connectivity index is 1.90. The Bertz CT molecular complexity index is 1200. The summed E-state index contributed by atoms with van der Waals surface area (Å²) in [6, 6.07) is 23.5. The van der Waals surface area contributed by atoms with Crippen molar-refractivity contribution >= 4 is 11.9 Å². The van der Waals surface area contributed by atoms with Crippen LogP contribution in [0.1, 0.15) is 58.2 Å². The highest BCUT2D eigenvalue weighted by molar-refractivity contribution is 6.03. The SMILES string of the molecule is Cc1ccc(-c2cc(C3=NN(C(C)(C)C)C(=O)N(C(C)(C)C)N3)cc(-c3ccc(C)cc3)c2)cc1. The molecular weight excluding hydrogens is 432 g/mol. The van der Waals surface area contributed by atoms with Crippen molar-refractivity contribution < 1.29 is 4.79 Å². The van der Waals surface area contributed by atoms with Gasteiger partial charge in [-0.15, -0.1) is 5.10 Å². The number of amidine groups is 1. The van der Waals surface area contributed by atoms with Crippen molar-refractivity contribution in [2.75, 3.05) is 0 Å². The van der Waals surface area contributed by atoms with E-state index in [1.807, 2.05) is 41.5 Å². The Kier molecular flexibility index (Phi) is 6.22. The number of aryl methyl sites for hydroxylation is 2. The maximum absolute atomic E-state index is 13.3. The van der Waals surface area contributed by atoms with Gasteiger partial charge in [-0.3, -0.25) is 5.43 Å². The molecular formula is C30H36N4O. The molecule has 1 aliphatic heterocycles. The largest absolute Gasteiger partial charge is 0.360 e. The van der Waals surface area contributed by atoms with Crippen LogP contribution in [-0.2, 0) is 0 Å². The van der Waals surface area contributed by atoms with E-state index in [4.69, 9.17) is 5.10 Å². The van der Waals surface area contributed by atoms with Gasteiger partial charge in [0.1, 0.15) is 0 Å². The van der Waals surface area contributed by atoms with Gasteiger partial charge in [-0.05, 0) is 95.8 Å². The molecule has 0 atom stereocenters. The molecule has 1 heterocycles. The second-order valence-electron chi connectivity index (χ2n) is 11.4. The van der Waals surface area contributed by atoms with Gasteiger partial charge in [0.2, 0.25) is 0 Å². The van der Waals surface area contributed by atoms with Gasteiger partial charge < -0.3 is 0 Å². The number of hydrazone groups is 1. The molecule has 5 nitrogen and oxygen atoms in total. The molecule has 4 rings (SSSR count). The molecule has 0 aromatic heterocycles. The Morgan fingerprint density at radius 3 is 1.46 bits per heavy atom. The number of rotatable bonds is 3. The summed E-state index contributed by atoms with van der Waals surface area (Å²) in [7, 11) is 0. The van der Waals surface area contributed by atoms with Crippen molar-refractivity contribution in [3.8, 4) is 22.3 Å². The Labute approximate surface area is 209 Å². The van der Waals surface area contributed by atoms with E-state index < -0.39 is 11.1 Å². The van der Waals surface area contributed by atoms with Crippen LogP contribution in [0.4, 0.5) is 4.79 Å². The zero-order chi connectivity index (χ0) is 25.5. The lowest BCUT2D eigenvalue weighted by molar-refractivity contribution is 0.0535. The molecule has 1 N–H and O–H groups in total. The standard InChI is InChI=1S/C30H36N4O/c1-20-9-13-22(14-10-20)24-17-25(23-15-11-21(2)12-16-23)19-26(18-24)27-31-33(29(3,4)5)28(35)34(32-27)30(6,7)8/h9-19H,1-8H3,(H,31,32). The molecule has 5 heteroatoms.